The van der Waals surface area contributed by atoms with Crippen LogP contribution in [0.1, 0.15) is 0 Å². The standard InChI is InChI=1S/C3H4N/c1-2-3-4/h1-4H. The third kappa shape index (κ3) is 1.41. The van der Waals surface area contributed by atoms with E-state index in [1.165, 1.54) is 6.08 Å². The van der Waals surface area contributed by atoms with Crippen LogP contribution in [0.3, 0.4) is 0 Å². The highest BCUT2D eigenvalue weighted by Crippen LogP contribution is 1.36. The molecule has 0 aliphatic heterocycles. The van der Waals surface area contributed by atoms with E-state index < -0.39 is 0 Å². The summed E-state index contributed by atoms with van der Waals surface area (Å²) in [6.07, 6.45) is 2.19. The van der Waals surface area contributed by atoms with Gasteiger partial charge in [0, 0.05) is 6.21 Å². The van der Waals surface area contributed by atoms with Crippen molar-refractivity contribution in [3.05, 3.63) is 12.7 Å². The Morgan fingerprint density at radius 3 is 2.00 bits per heavy atom. The summed E-state index contributed by atoms with van der Waals surface area (Å²) >= 11 is 0. The molecule has 21 valence electrons. The van der Waals surface area contributed by atoms with Gasteiger partial charge in [-0.1, -0.05) is 6.58 Å². The van der Waals surface area contributed by atoms with Gasteiger partial charge in [0.2, 0.25) is 0 Å². The Bertz CT molecular complexity index is 24.3. The van der Waals surface area contributed by atoms with Gasteiger partial charge in [-0.2, -0.15) is 0 Å². The molecule has 0 heterocycles. The molecular formula is C3H4N. The minimum absolute atomic E-state index is 1.03. The molecule has 1 radical (unpaired) electrons. The molecule has 0 aromatic heterocycles. The van der Waals surface area contributed by atoms with Crippen molar-refractivity contribution in [2.75, 3.05) is 0 Å². The first-order valence-corrected chi connectivity index (χ1v) is 0.955. The van der Waals surface area contributed by atoms with Gasteiger partial charge in [0.15, 0.2) is 0 Å². The summed E-state index contributed by atoms with van der Waals surface area (Å²) < 4.78 is 0. The van der Waals surface area contributed by atoms with Gasteiger partial charge in [0.1, 0.15) is 0 Å². The monoisotopic (exact) mass is 54.0 g/mol. The SMILES string of the molecule is [CH]=CC=N. The zero-order valence-corrected chi connectivity index (χ0v) is 2.23. The second kappa shape index (κ2) is 2.41. The number of nitrogens with one attached hydrogen (secondary N) is 1. The van der Waals surface area contributed by atoms with Crippen molar-refractivity contribution in [3.8, 4) is 0 Å². The Morgan fingerprint density at radius 2 is 2.00 bits per heavy atom. The van der Waals surface area contributed by atoms with Crippen LogP contribution in [-0.2, 0) is 0 Å². The van der Waals surface area contributed by atoms with E-state index in [1.807, 2.05) is 0 Å². The lowest BCUT2D eigenvalue weighted by Gasteiger charge is -1.42. The van der Waals surface area contributed by atoms with E-state index in [0.29, 0.717) is 0 Å². The van der Waals surface area contributed by atoms with Crippen molar-refractivity contribution in [2.24, 2.45) is 0 Å². The fourth-order valence-electron chi connectivity index (χ4n) is 0. The van der Waals surface area contributed by atoms with E-state index in [4.69, 9.17) is 5.41 Å². The van der Waals surface area contributed by atoms with E-state index in [-0.39, 0.29) is 0 Å². The molecule has 0 aliphatic rings. The third-order valence-corrected chi connectivity index (χ3v) is 0.0962. The Labute approximate surface area is 25.5 Å². The maximum atomic E-state index is 6.15. The quantitative estimate of drug-likeness (QED) is 0.424. The summed E-state index contributed by atoms with van der Waals surface area (Å²) in [5, 5.41) is 6.15. The zero-order chi connectivity index (χ0) is 3.41. The van der Waals surface area contributed by atoms with Gasteiger partial charge in [0.25, 0.3) is 0 Å². The van der Waals surface area contributed by atoms with Crippen molar-refractivity contribution in [1.29, 1.82) is 5.41 Å². The molecule has 0 amide bonds. The largest absolute Gasteiger partial charge is 0.309 e. The van der Waals surface area contributed by atoms with Crippen LogP contribution in [0.25, 0.3) is 0 Å². The van der Waals surface area contributed by atoms with Gasteiger partial charge in [-0.15, -0.1) is 0 Å². The average Bonchev–Trinajstić information content (AvgIpc) is 1.37. The molecule has 0 saturated heterocycles. The predicted octanol–water partition coefficient (Wildman–Crippen LogP) is 0.625. The molecule has 1 nitrogen and oxygen atoms in total. The van der Waals surface area contributed by atoms with Crippen LogP contribution >= 0.6 is 0 Å². The highest BCUT2D eigenvalue weighted by molar-refractivity contribution is 5.65. The average molecular weight is 54.1 g/mol. The van der Waals surface area contributed by atoms with Crippen molar-refractivity contribution >= 4 is 6.21 Å². The molecule has 1 heteroatoms. The molecule has 0 fully saturated rings. The van der Waals surface area contributed by atoms with Crippen LogP contribution < -0.4 is 0 Å². The molecule has 0 spiro atoms. The fourth-order valence-corrected chi connectivity index (χ4v) is 0. The smallest absolute Gasteiger partial charge is 0.0177 e. The van der Waals surface area contributed by atoms with Gasteiger partial charge in [-0.05, 0) is 6.08 Å². The van der Waals surface area contributed by atoms with E-state index in [1.54, 1.807) is 0 Å². The minimum Gasteiger partial charge on any atom is -0.309 e. The number of allylic oxidation sites excluding steroid dienone is 1. The van der Waals surface area contributed by atoms with Crippen LogP contribution in [0.2, 0.25) is 0 Å². The summed E-state index contributed by atoms with van der Waals surface area (Å²) in [6, 6.07) is 0. The lowest BCUT2D eigenvalue weighted by molar-refractivity contribution is 1.58. The Kier molecular flexibility index (Phi) is 2.05. The third-order valence-electron chi connectivity index (χ3n) is 0.0962. The molecule has 0 aromatic rings. The first-order chi connectivity index (χ1) is 1.91. The Hall–Kier alpha value is -0.590. The summed E-state index contributed by atoms with van der Waals surface area (Å²) in [5.41, 5.74) is 0. The Balaban J connectivity index is 2.73. The normalized spacial score (nSPS) is 5.00. The number of hydrogen-bond donors (Lipinski definition) is 1. The second-order valence-corrected chi connectivity index (χ2v) is 0.359. The van der Waals surface area contributed by atoms with Gasteiger partial charge in [-0.25, -0.2) is 0 Å². The van der Waals surface area contributed by atoms with Crippen LogP contribution in [0, 0.1) is 12.0 Å². The lowest BCUT2D eigenvalue weighted by Crippen LogP contribution is -1.42. The van der Waals surface area contributed by atoms with Gasteiger partial charge in [-0.3, -0.25) is 0 Å². The van der Waals surface area contributed by atoms with E-state index in [2.05, 4.69) is 6.58 Å². The number of hydrogen-bond acceptors (Lipinski definition) is 1. The first-order valence-electron chi connectivity index (χ1n) is 0.955. The molecule has 0 saturated carbocycles. The predicted molar refractivity (Wildman–Crippen MR) is 17.7 cm³/mol. The topological polar surface area (TPSA) is 23.9 Å². The maximum Gasteiger partial charge on any atom is 0.0177 e. The molecule has 1 N–H and O–H groups in total. The van der Waals surface area contributed by atoms with Crippen molar-refractivity contribution in [1.82, 2.24) is 0 Å². The molecule has 0 aromatic carbocycles. The summed E-state index contributed by atoms with van der Waals surface area (Å²) in [4.78, 5) is 0. The lowest BCUT2D eigenvalue weighted by atomic mass is 10.7. The van der Waals surface area contributed by atoms with Crippen LogP contribution in [0.5, 0.6) is 0 Å². The Morgan fingerprint density at radius 1 is 1.75 bits per heavy atom. The minimum atomic E-state index is 1.03. The number of rotatable bonds is 1. The zero-order valence-electron chi connectivity index (χ0n) is 2.23. The van der Waals surface area contributed by atoms with Crippen molar-refractivity contribution < 1.29 is 0 Å². The summed E-state index contributed by atoms with van der Waals surface area (Å²) in [6.45, 7) is 4.66. The molecule has 0 atom stereocenters. The van der Waals surface area contributed by atoms with Crippen molar-refractivity contribution in [2.45, 2.75) is 0 Å². The molecule has 0 aliphatic carbocycles. The maximum absolute atomic E-state index is 6.15. The molecule has 0 bridgehead atoms. The molecule has 0 rings (SSSR count). The fraction of sp³-hybridized carbons (Fsp3) is 0. The first kappa shape index (κ1) is 3.41. The van der Waals surface area contributed by atoms with Gasteiger partial charge < -0.3 is 5.41 Å². The van der Waals surface area contributed by atoms with E-state index in [9.17, 15) is 0 Å². The van der Waals surface area contributed by atoms with E-state index >= 15 is 0 Å². The highest BCUT2D eigenvalue weighted by Gasteiger charge is 1.32. The molecule has 0 unspecified atom stereocenters. The van der Waals surface area contributed by atoms with Gasteiger partial charge >= 0.3 is 0 Å². The molecular weight excluding hydrogens is 50.0 g/mol. The summed E-state index contributed by atoms with van der Waals surface area (Å²) in [7, 11) is 0. The van der Waals surface area contributed by atoms with Crippen LogP contribution in [0.4, 0.5) is 0 Å². The molecule has 4 heavy (non-hydrogen) atoms. The highest BCUT2D eigenvalue weighted by atomic mass is 14.3. The van der Waals surface area contributed by atoms with Crippen LogP contribution in [0.15, 0.2) is 6.08 Å². The van der Waals surface area contributed by atoms with Gasteiger partial charge in [0.05, 0.1) is 0 Å². The summed E-state index contributed by atoms with van der Waals surface area (Å²) in [5.74, 6) is 0. The van der Waals surface area contributed by atoms with E-state index in [0.717, 1.165) is 6.21 Å². The van der Waals surface area contributed by atoms with Crippen molar-refractivity contribution in [3.63, 3.8) is 0 Å². The second-order valence-electron chi connectivity index (χ2n) is 0.359. The van der Waals surface area contributed by atoms with Crippen LogP contribution in [-0.4, -0.2) is 6.21 Å².